The zero-order valence-electron chi connectivity index (χ0n) is 11.6. The van der Waals surface area contributed by atoms with E-state index in [9.17, 15) is 10.2 Å². The zero-order chi connectivity index (χ0) is 13.3. The molecule has 2 bridgehead atoms. The number of ether oxygens (including phenoxy) is 2. The van der Waals surface area contributed by atoms with Gasteiger partial charge in [-0.15, -0.1) is 0 Å². The number of hydrogen-bond donors (Lipinski definition) is 2. The average Bonchev–Trinajstić information content (AvgIpc) is 2.78. The highest BCUT2D eigenvalue weighted by atomic mass is 16.7. The van der Waals surface area contributed by atoms with Crippen molar-refractivity contribution in [2.75, 3.05) is 0 Å². The smallest absolute Gasteiger partial charge is 0.160 e. The molecule has 2 aliphatic carbocycles. The van der Waals surface area contributed by atoms with Crippen LogP contribution in [0.4, 0.5) is 0 Å². The molecule has 0 spiro atoms. The molecular weight excluding hydrogens is 232 g/mol. The SMILES string of the molecule is CC(C)(C)C(O)OC1C2C[C@@H]3C1OC(O)C3(C)C2. The summed E-state index contributed by atoms with van der Waals surface area (Å²) >= 11 is 0. The van der Waals surface area contributed by atoms with Crippen LogP contribution in [0, 0.1) is 22.7 Å². The molecule has 3 aliphatic rings. The molecular formula is C14H24O4. The summed E-state index contributed by atoms with van der Waals surface area (Å²) in [6.07, 6.45) is 0.443. The van der Waals surface area contributed by atoms with Crippen molar-refractivity contribution in [1.82, 2.24) is 0 Å². The Bertz CT molecular complexity index is 350. The van der Waals surface area contributed by atoms with Crippen molar-refractivity contribution in [1.29, 1.82) is 0 Å². The van der Waals surface area contributed by atoms with E-state index in [-0.39, 0.29) is 23.0 Å². The van der Waals surface area contributed by atoms with E-state index in [4.69, 9.17) is 9.47 Å². The third kappa shape index (κ3) is 1.59. The molecule has 1 heterocycles. The van der Waals surface area contributed by atoms with E-state index in [0.29, 0.717) is 11.8 Å². The summed E-state index contributed by atoms with van der Waals surface area (Å²) < 4.78 is 11.5. The molecule has 6 unspecified atom stereocenters. The van der Waals surface area contributed by atoms with Crippen LogP contribution < -0.4 is 0 Å². The fourth-order valence-electron chi connectivity index (χ4n) is 3.95. The Hall–Kier alpha value is -0.160. The molecule has 0 amide bonds. The van der Waals surface area contributed by atoms with Gasteiger partial charge in [0.25, 0.3) is 0 Å². The lowest BCUT2D eigenvalue weighted by Crippen LogP contribution is -2.43. The Labute approximate surface area is 108 Å². The Morgan fingerprint density at radius 3 is 2.67 bits per heavy atom. The van der Waals surface area contributed by atoms with Gasteiger partial charge in [-0.05, 0) is 24.7 Å². The quantitative estimate of drug-likeness (QED) is 0.735. The summed E-state index contributed by atoms with van der Waals surface area (Å²) in [6.45, 7) is 7.98. The molecule has 0 aromatic carbocycles. The molecule has 4 heteroatoms. The van der Waals surface area contributed by atoms with E-state index in [0.717, 1.165) is 12.8 Å². The van der Waals surface area contributed by atoms with Crippen LogP contribution in [0.1, 0.15) is 40.5 Å². The molecule has 7 atom stereocenters. The maximum absolute atomic E-state index is 10.1. The van der Waals surface area contributed by atoms with Crippen LogP contribution in [-0.4, -0.2) is 35.0 Å². The van der Waals surface area contributed by atoms with Gasteiger partial charge in [-0.3, -0.25) is 0 Å². The van der Waals surface area contributed by atoms with E-state index < -0.39 is 12.6 Å². The van der Waals surface area contributed by atoms with Crippen molar-refractivity contribution in [3.63, 3.8) is 0 Å². The summed E-state index contributed by atoms with van der Waals surface area (Å²) in [5.41, 5.74) is -0.385. The van der Waals surface area contributed by atoms with Gasteiger partial charge in [-0.2, -0.15) is 0 Å². The first-order valence-electron chi connectivity index (χ1n) is 6.90. The summed E-state index contributed by atoms with van der Waals surface area (Å²) in [5.74, 6) is 0.800. The van der Waals surface area contributed by atoms with Crippen LogP contribution in [0.3, 0.4) is 0 Å². The van der Waals surface area contributed by atoms with Crippen molar-refractivity contribution < 1.29 is 19.7 Å². The molecule has 4 nitrogen and oxygen atoms in total. The summed E-state index contributed by atoms with van der Waals surface area (Å²) in [4.78, 5) is 0. The lowest BCUT2D eigenvalue weighted by atomic mass is 9.74. The van der Waals surface area contributed by atoms with Gasteiger partial charge in [0.1, 0.15) is 0 Å². The number of aliphatic hydroxyl groups is 2. The number of rotatable bonds is 2. The second kappa shape index (κ2) is 3.69. The monoisotopic (exact) mass is 256 g/mol. The highest BCUT2D eigenvalue weighted by Crippen LogP contribution is 2.63. The molecule has 1 aliphatic heterocycles. The Kier molecular flexibility index (Phi) is 2.63. The Morgan fingerprint density at radius 2 is 2.06 bits per heavy atom. The molecule has 18 heavy (non-hydrogen) atoms. The van der Waals surface area contributed by atoms with E-state index in [2.05, 4.69) is 6.92 Å². The van der Waals surface area contributed by atoms with Crippen LogP contribution in [0.15, 0.2) is 0 Å². The second-order valence-electron chi connectivity index (χ2n) is 7.58. The van der Waals surface area contributed by atoms with Gasteiger partial charge < -0.3 is 19.7 Å². The van der Waals surface area contributed by atoms with E-state index in [1.165, 1.54) is 0 Å². The Morgan fingerprint density at radius 1 is 1.39 bits per heavy atom. The van der Waals surface area contributed by atoms with Crippen LogP contribution in [0.2, 0.25) is 0 Å². The normalized spacial score (nSPS) is 52.0. The van der Waals surface area contributed by atoms with Gasteiger partial charge in [0.05, 0.1) is 12.2 Å². The number of hydrogen-bond acceptors (Lipinski definition) is 4. The van der Waals surface area contributed by atoms with Crippen LogP contribution >= 0.6 is 0 Å². The van der Waals surface area contributed by atoms with Crippen LogP contribution in [0.25, 0.3) is 0 Å². The fourth-order valence-corrected chi connectivity index (χ4v) is 3.95. The average molecular weight is 256 g/mol. The van der Waals surface area contributed by atoms with Gasteiger partial charge in [0, 0.05) is 10.8 Å². The van der Waals surface area contributed by atoms with E-state index in [1.807, 2.05) is 20.8 Å². The second-order valence-corrected chi connectivity index (χ2v) is 7.58. The standard InChI is InChI=1S/C14H24O4/c1-13(2,3)11(15)17-9-7-5-8-10(9)18-12(16)14(8,4)6-7/h7-12,15-16H,5-6H2,1-4H3/t7?,8-,9?,10?,11?,12?,14?/m1/s1. The molecule has 0 aromatic rings. The Balaban J connectivity index is 1.75. The lowest BCUT2D eigenvalue weighted by Gasteiger charge is -2.36. The molecule has 0 aromatic heterocycles. The van der Waals surface area contributed by atoms with E-state index >= 15 is 0 Å². The van der Waals surface area contributed by atoms with Crippen LogP contribution in [0.5, 0.6) is 0 Å². The van der Waals surface area contributed by atoms with Crippen molar-refractivity contribution in [2.24, 2.45) is 22.7 Å². The maximum Gasteiger partial charge on any atom is 0.160 e. The van der Waals surface area contributed by atoms with Crippen molar-refractivity contribution in [2.45, 2.75) is 65.3 Å². The van der Waals surface area contributed by atoms with Gasteiger partial charge >= 0.3 is 0 Å². The third-order valence-corrected chi connectivity index (χ3v) is 5.17. The first-order valence-corrected chi connectivity index (χ1v) is 6.90. The first kappa shape index (κ1) is 12.9. The third-order valence-electron chi connectivity index (χ3n) is 5.17. The zero-order valence-corrected chi connectivity index (χ0v) is 11.6. The molecule has 104 valence electrons. The highest BCUT2D eigenvalue weighted by molar-refractivity contribution is 5.13. The highest BCUT2D eigenvalue weighted by Gasteiger charge is 2.67. The van der Waals surface area contributed by atoms with E-state index in [1.54, 1.807) is 0 Å². The number of aliphatic hydroxyl groups excluding tert-OH is 2. The fraction of sp³-hybridized carbons (Fsp3) is 1.00. The predicted octanol–water partition coefficient (Wildman–Crippen LogP) is 1.50. The van der Waals surface area contributed by atoms with Crippen molar-refractivity contribution in [3.05, 3.63) is 0 Å². The number of fused-ring (bicyclic) bond motifs is 1. The minimum Gasteiger partial charge on any atom is -0.367 e. The topological polar surface area (TPSA) is 58.9 Å². The molecule has 2 saturated carbocycles. The minimum absolute atomic E-state index is 0.0410. The molecule has 2 N–H and O–H groups in total. The molecule has 3 fully saturated rings. The first-order chi connectivity index (χ1) is 8.23. The maximum atomic E-state index is 10.1. The largest absolute Gasteiger partial charge is 0.367 e. The summed E-state index contributed by atoms with van der Waals surface area (Å²) in [6, 6.07) is 0. The van der Waals surface area contributed by atoms with Gasteiger partial charge in [0.2, 0.25) is 0 Å². The van der Waals surface area contributed by atoms with Gasteiger partial charge in [-0.25, -0.2) is 0 Å². The van der Waals surface area contributed by atoms with Crippen molar-refractivity contribution in [3.8, 4) is 0 Å². The van der Waals surface area contributed by atoms with Crippen molar-refractivity contribution >= 4 is 0 Å². The molecule has 0 radical (unpaired) electrons. The van der Waals surface area contributed by atoms with Gasteiger partial charge in [-0.1, -0.05) is 27.7 Å². The van der Waals surface area contributed by atoms with Crippen LogP contribution in [-0.2, 0) is 9.47 Å². The molecule has 3 rings (SSSR count). The molecule has 1 saturated heterocycles. The lowest BCUT2D eigenvalue weighted by molar-refractivity contribution is -0.222. The summed E-state index contributed by atoms with van der Waals surface area (Å²) in [5, 5.41) is 20.1. The predicted molar refractivity (Wildman–Crippen MR) is 65.5 cm³/mol. The minimum atomic E-state index is -0.783. The van der Waals surface area contributed by atoms with Gasteiger partial charge in [0.15, 0.2) is 12.6 Å². The summed E-state index contributed by atoms with van der Waals surface area (Å²) in [7, 11) is 0.